The Morgan fingerprint density at radius 2 is 1.74 bits per heavy atom. The highest BCUT2D eigenvalue weighted by Crippen LogP contribution is 2.41. The van der Waals surface area contributed by atoms with Gasteiger partial charge in [0.25, 0.3) is 0 Å². The lowest BCUT2D eigenvalue weighted by Crippen LogP contribution is -2.09. The summed E-state index contributed by atoms with van der Waals surface area (Å²) >= 11 is 3.60. The summed E-state index contributed by atoms with van der Waals surface area (Å²) in [5.41, 5.74) is 9.63. The van der Waals surface area contributed by atoms with Gasteiger partial charge in [-0.05, 0) is 61.4 Å². The van der Waals surface area contributed by atoms with E-state index in [9.17, 15) is 9.90 Å². The summed E-state index contributed by atoms with van der Waals surface area (Å²) in [7, 11) is 5.89. The molecule has 0 amide bonds. The van der Waals surface area contributed by atoms with Gasteiger partial charge in [0.1, 0.15) is 11.4 Å². The lowest BCUT2D eigenvalue weighted by Gasteiger charge is -2.13. The van der Waals surface area contributed by atoms with Crippen molar-refractivity contribution in [2.75, 3.05) is 6.61 Å². The van der Waals surface area contributed by atoms with Gasteiger partial charge in [0.2, 0.25) is 0 Å². The first-order valence-electron chi connectivity index (χ1n) is 15.5. The molecular formula is C36H37N5O3S2. The van der Waals surface area contributed by atoms with E-state index in [-0.39, 0.29) is 0 Å². The third-order valence-corrected chi connectivity index (χ3v) is 11.0. The maximum absolute atomic E-state index is 12.8. The molecule has 3 aromatic carbocycles. The fourth-order valence-electron chi connectivity index (χ4n) is 6.83. The average molecular weight is 652 g/mol. The molecule has 1 aliphatic rings. The molecule has 4 heterocycles. The summed E-state index contributed by atoms with van der Waals surface area (Å²) in [6.45, 7) is 4.62. The van der Waals surface area contributed by atoms with E-state index in [1.54, 1.807) is 11.8 Å². The number of rotatable bonds is 1. The van der Waals surface area contributed by atoms with Gasteiger partial charge in [0.15, 0.2) is 0 Å². The number of carbonyl (C=O) groups is 1. The number of carboxylic acid groups (broad SMARTS) is 1. The standard InChI is InChI=1S/C36H37N5O3S2/c1-21-12-13-29-28-11-8-14-44-31-17-26(15-23-9-6-7-10-27(23)31)46-19-25-16-24(38-40(25)4)18-45-20-30-33(22(2)37-41(30)5)32(21)34(29)39(3)35(28)36(42)43/h6-7,9-10,12-13,15-17H,8,11,14,18-20H2,1-5H3,(H,42,43). The van der Waals surface area contributed by atoms with Crippen LogP contribution in [0.1, 0.15) is 50.8 Å². The van der Waals surface area contributed by atoms with Gasteiger partial charge < -0.3 is 14.4 Å². The van der Waals surface area contributed by atoms with Crippen LogP contribution < -0.4 is 4.74 Å². The molecule has 6 aromatic rings. The van der Waals surface area contributed by atoms with Crippen LogP contribution in [0.3, 0.4) is 0 Å². The molecular weight excluding hydrogens is 615 g/mol. The fourth-order valence-corrected chi connectivity index (χ4v) is 8.80. The van der Waals surface area contributed by atoms with Crippen LogP contribution in [0.4, 0.5) is 0 Å². The molecule has 0 fully saturated rings. The van der Waals surface area contributed by atoms with E-state index in [4.69, 9.17) is 14.9 Å². The lowest BCUT2D eigenvalue weighted by atomic mass is 9.94. The Labute approximate surface area is 276 Å². The van der Waals surface area contributed by atoms with Crippen molar-refractivity contribution < 1.29 is 14.6 Å². The van der Waals surface area contributed by atoms with Crippen molar-refractivity contribution in [2.24, 2.45) is 21.1 Å². The summed E-state index contributed by atoms with van der Waals surface area (Å²) in [6.07, 6.45) is 1.27. The number of hydrogen-bond donors (Lipinski definition) is 1. The molecule has 0 atom stereocenters. The third kappa shape index (κ3) is 5.37. The highest BCUT2D eigenvalue weighted by molar-refractivity contribution is 7.98. The van der Waals surface area contributed by atoms with Gasteiger partial charge in [-0.25, -0.2) is 4.79 Å². The summed E-state index contributed by atoms with van der Waals surface area (Å²) in [6, 6.07) is 19.1. The van der Waals surface area contributed by atoms with Gasteiger partial charge in [-0.15, -0.1) is 23.5 Å². The molecule has 0 aliphatic carbocycles. The maximum Gasteiger partial charge on any atom is 0.352 e. The van der Waals surface area contributed by atoms with Gasteiger partial charge in [-0.3, -0.25) is 9.36 Å². The smallest absolute Gasteiger partial charge is 0.352 e. The number of carboxylic acids is 1. The number of hydrogen-bond acceptors (Lipinski definition) is 6. The molecule has 7 rings (SSSR count). The van der Waals surface area contributed by atoms with Crippen LogP contribution in [0.5, 0.6) is 5.75 Å². The third-order valence-electron chi connectivity index (χ3n) is 8.99. The van der Waals surface area contributed by atoms with Crippen molar-refractivity contribution in [3.63, 3.8) is 0 Å². The van der Waals surface area contributed by atoms with Crippen molar-refractivity contribution >= 4 is 51.2 Å². The molecule has 0 radical (unpaired) electrons. The largest absolute Gasteiger partial charge is 0.493 e. The van der Waals surface area contributed by atoms with Gasteiger partial charge in [-0.2, -0.15) is 10.2 Å². The zero-order chi connectivity index (χ0) is 32.1. The second-order valence-corrected chi connectivity index (χ2v) is 14.0. The van der Waals surface area contributed by atoms with Crippen LogP contribution in [0.25, 0.3) is 32.8 Å². The van der Waals surface area contributed by atoms with Gasteiger partial charge in [-0.1, -0.05) is 36.4 Å². The van der Waals surface area contributed by atoms with Crippen molar-refractivity contribution in [1.82, 2.24) is 24.1 Å². The molecule has 3 aromatic heterocycles. The molecule has 0 spiro atoms. The van der Waals surface area contributed by atoms with Crippen molar-refractivity contribution in [1.29, 1.82) is 0 Å². The van der Waals surface area contributed by atoms with Crippen LogP contribution in [0.2, 0.25) is 0 Å². The molecule has 1 N–H and O–H groups in total. The van der Waals surface area contributed by atoms with Gasteiger partial charge in [0.05, 0.1) is 29.2 Å². The molecule has 8 bridgehead atoms. The number of aromatic nitrogens is 5. The predicted molar refractivity (Wildman–Crippen MR) is 187 cm³/mol. The zero-order valence-electron chi connectivity index (χ0n) is 26.8. The Kier molecular flexibility index (Phi) is 8.10. The van der Waals surface area contributed by atoms with E-state index in [1.807, 2.05) is 59.8 Å². The minimum atomic E-state index is -0.920. The molecule has 10 heteroatoms. The van der Waals surface area contributed by atoms with Crippen molar-refractivity contribution in [3.8, 4) is 16.9 Å². The first-order valence-corrected chi connectivity index (χ1v) is 17.6. The van der Waals surface area contributed by atoms with E-state index < -0.39 is 5.97 Å². The van der Waals surface area contributed by atoms with E-state index >= 15 is 0 Å². The molecule has 8 nitrogen and oxygen atoms in total. The fraction of sp³-hybridized carbons (Fsp3) is 0.306. The number of nitrogens with zero attached hydrogens (tertiary/aromatic N) is 5. The van der Waals surface area contributed by atoms with Crippen LogP contribution in [0.15, 0.2) is 59.5 Å². The summed E-state index contributed by atoms with van der Waals surface area (Å²) in [4.78, 5) is 13.9. The topological polar surface area (TPSA) is 87.1 Å². The summed E-state index contributed by atoms with van der Waals surface area (Å²) in [5.74, 6) is 2.26. The predicted octanol–water partition coefficient (Wildman–Crippen LogP) is 7.83. The van der Waals surface area contributed by atoms with Crippen molar-refractivity contribution in [2.45, 2.75) is 48.8 Å². The highest BCUT2D eigenvalue weighted by atomic mass is 32.2. The maximum atomic E-state index is 12.8. The van der Waals surface area contributed by atoms with E-state index in [2.05, 4.69) is 55.5 Å². The van der Waals surface area contributed by atoms with Crippen LogP contribution in [-0.2, 0) is 44.8 Å². The Bertz CT molecular complexity index is 2140. The van der Waals surface area contributed by atoms with Crippen LogP contribution in [-0.4, -0.2) is 41.8 Å². The Morgan fingerprint density at radius 3 is 2.57 bits per heavy atom. The van der Waals surface area contributed by atoms with Crippen LogP contribution in [0, 0.1) is 13.8 Å². The quantitative estimate of drug-likeness (QED) is 0.194. The summed E-state index contributed by atoms with van der Waals surface area (Å²) < 4.78 is 12.3. The number of benzene rings is 3. The van der Waals surface area contributed by atoms with E-state index in [0.29, 0.717) is 25.1 Å². The highest BCUT2D eigenvalue weighted by Gasteiger charge is 2.27. The molecule has 1 aliphatic heterocycles. The summed E-state index contributed by atoms with van der Waals surface area (Å²) in [5, 5.41) is 23.3. The monoisotopic (exact) mass is 651 g/mol. The Balaban J connectivity index is 1.36. The molecule has 0 saturated heterocycles. The van der Waals surface area contributed by atoms with Crippen LogP contribution >= 0.6 is 23.5 Å². The van der Waals surface area contributed by atoms with Crippen molar-refractivity contribution in [3.05, 3.63) is 94.2 Å². The minimum Gasteiger partial charge on any atom is -0.493 e. The molecule has 46 heavy (non-hydrogen) atoms. The number of thioether (sulfide) groups is 2. The molecule has 0 unspecified atom stereocenters. The SMILES string of the molecule is Cc1ccc2c3c(C(=O)O)n(C)c2c1-c1c(C)nn(C)c1CSCc1cc(n(C)n1)CSc1cc(c2ccccc2c1)OCCC3. The van der Waals surface area contributed by atoms with Gasteiger partial charge >= 0.3 is 5.97 Å². The number of fused-ring (bicyclic) bond motifs is 8. The second-order valence-electron chi connectivity index (χ2n) is 12.0. The minimum absolute atomic E-state index is 0.330. The Hall–Kier alpha value is -4.15. The normalized spacial score (nSPS) is 14.3. The van der Waals surface area contributed by atoms with Gasteiger partial charge in [0, 0.05) is 70.9 Å². The van der Waals surface area contributed by atoms with E-state index in [1.165, 1.54) is 5.69 Å². The average Bonchev–Trinajstić information content (AvgIpc) is 3.62. The molecule has 236 valence electrons. The molecule has 0 saturated carbocycles. The zero-order valence-corrected chi connectivity index (χ0v) is 28.4. The number of aryl methyl sites for hydroxylation is 6. The number of aromatic carboxylic acids is 1. The number of ether oxygens (including phenoxy) is 1. The Morgan fingerprint density at radius 1 is 0.913 bits per heavy atom. The first kappa shape index (κ1) is 30.5. The van der Waals surface area contributed by atoms with E-state index in [0.717, 1.165) is 88.9 Å². The lowest BCUT2D eigenvalue weighted by molar-refractivity contribution is 0.0685. The first-order chi connectivity index (χ1) is 22.2. The second kappa shape index (κ2) is 12.2.